The van der Waals surface area contributed by atoms with Crippen LogP contribution in [0.25, 0.3) is 0 Å². The molecule has 0 aromatic carbocycles. The van der Waals surface area contributed by atoms with Gasteiger partial charge >= 0.3 is 5.97 Å². The summed E-state index contributed by atoms with van der Waals surface area (Å²) in [6.07, 6.45) is -5.96. The zero-order valence-electron chi connectivity index (χ0n) is 73.4. The number of β-amino-alcohol motifs (C(OH)–C–C–N with tert-alkyl or cyclic N) is 7. The van der Waals surface area contributed by atoms with Crippen molar-refractivity contribution < 1.29 is 142 Å². The number of carbonyl (C=O) groups is 21. The summed E-state index contributed by atoms with van der Waals surface area (Å²) in [4.78, 5) is 302. The Morgan fingerprint density at radius 3 is 0.737 bits per heavy atom. The largest absolute Gasteiger partial charge is 0.480 e. The second-order valence-corrected chi connectivity index (χ2v) is 36.7. The van der Waals surface area contributed by atoms with Crippen molar-refractivity contribution in [3.63, 3.8) is 0 Å². The molecule has 0 aromatic heterocycles. The number of amides is 20. The first kappa shape index (κ1) is 99.4. The molecular weight excluding hydrogens is 1780 g/mol. The number of thiol groups is 1. The van der Waals surface area contributed by atoms with E-state index >= 15 is 0 Å². The predicted octanol–water partition coefficient (Wildman–Crippen LogP) is -14.3. The summed E-state index contributed by atoms with van der Waals surface area (Å²) in [5.74, 6) is -16.6. The Morgan fingerprint density at radius 1 is 0.278 bits per heavy atom. The summed E-state index contributed by atoms with van der Waals surface area (Å²) in [5, 5.41) is 107. The average Bonchev–Trinajstić information content (AvgIpc) is 1.67. The third-order valence-electron chi connectivity index (χ3n) is 27.4. The molecule has 0 aliphatic carbocycles. The summed E-state index contributed by atoms with van der Waals surface area (Å²) >= 11 is 4.23. The van der Waals surface area contributed by atoms with Crippen molar-refractivity contribution in [3.8, 4) is 0 Å². The molecule has 0 bridgehead atoms. The van der Waals surface area contributed by atoms with E-state index in [1.54, 1.807) is 0 Å². The zero-order valence-corrected chi connectivity index (χ0v) is 74.3. The zero-order chi connectivity index (χ0) is 95.8. The lowest BCUT2D eigenvalue weighted by Crippen LogP contribution is -2.57. The van der Waals surface area contributed by atoms with Crippen LogP contribution in [0, 0.1) is 0 Å². The highest BCUT2D eigenvalue weighted by molar-refractivity contribution is 7.80. The first-order valence-corrected chi connectivity index (χ1v) is 46.2. The molecule has 133 heavy (non-hydrogen) atoms. The lowest BCUT2D eigenvalue weighted by Gasteiger charge is -2.32. The van der Waals surface area contributed by atoms with Crippen LogP contribution in [0.5, 0.6) is 0 Å². The maximum atomic E-state index is 14.5. The van der Waals surface area contributed by atoms with E-state index in [0.717, 1.165) is 35.8 Å². The van der Waals surface area contributed by atoms with Crippen LogP contribution in [0.4, 0.5) is 0 Å². The van der Waals surface area contributed by atoms with Crippen molar-refractivity contribution >= 4 is 137 Å². The van der Waals surface area contributed by atoms with Crippen LogP contribution < -0.4 is 47.9 Å². The van der Waals surface area contributed by atoms with Gasteiger partial charge in [-0.25, -0.2) is 0 Å². The average molecular weight is 1900 g/mol. The van der Waals surface area contributed by atoms with E-state index in [9.17, 15) is 136 Å². The van der Waals surface area contributed by atoms with Gasteiger partial charge in [-0.2, -0.15) is 12.6 Å². The van der Waals surface area contributed by atoms with Crippen molar-refractivity contribution in [1.82, 2.24) is 107 Å². The van der Waals surface area contributed by atoms with Gasteiger partial charge in [-0.1, -0.05) is 0 Å². The van der Waals surface area contributed by atoms with E-state index in [0.29, 0.717) is 45.1 Å². The standard InChI is InChI=1S/C82H119N21O29S/c104-41-19-55(97(33-41)76(126)48-7-1-13-83-48)70(120)85-27-63(112)93-15-3-9-51(93)79(129)100-36-44(107)22-58(100)73(123)88-30-66(115)95-17-5-11-53(95)81(131)102-38-46(109)24-60(102)74(124)89-31-67(116)94-16-4-10-52(94)80(130)101-37-45(108)23-59(101)72(122)87-29-65(114)92-14-2-8-50(92)78(128)99-35-43(106)21-57(99)69(119)84-26-62(111)91-49(40-133)77(127)98-34-42(105)20-56(98)71(121)86-28-64(113)96-18-6-12-54(96)82(132)103-39-47(110)25-61(103)75(125)90-32-68(117)118/h41-61,83,104-110,133H,1-40H2,(H,84,119)(H,85,120)(H,86,121)(H,87,122)(H,88,123)(H,89,124)(H,90,125)(H,91,111)(H,117,118)/t41-,42-,43-,44-,45-,46-,47-,48+,49+,50+,51+,52+,53+,54+,55+,56+,57+,58+,59+,60+,61+/m1/s1. The highest BCUT2D eigenvalue weighted by Gasteiger charge is 2.54. The van der Waals surface area contributed by atoms with E-state index in [2.05, 4.69) is 60.5 Å². The Hall–Kier alpha value is -11.1. The number of aliphatic hydroxyl groups excluding tert-OH is 7. The van der Waals surface area contributed by atoms with Crippen LogP contribution in [0.3, 0.4) is 0 Å². The Morgan fingerprint density at radius 2 is 0.504 bits per heavy atom. The summed E-state index contributed by atoms with van der Waals surface area (Å²) in [6, 6.07) is -16.6. The van der Waals surface area contributed by atoms with Gasteiger partial charge in [-0.15, -0.1) is 0 Å². The number of nitrogens with one attached hydrogen (secondary N) is 9. The maximum absolute atomic E-state index is 14.5. The lowest BCUT2D eigenvalue weighted by atomic mass is 10.1. The highest BCUT2D eigenvalue weighted by atomic mass is 32.1. The molecule has 732 valence electrons. The number of hydrogen-bond acceptors (Lipinski definition) is 30. The smallest absolute Gasteiger partial charge is 0.322 e. The van der Waals surface area contributed by atoms with E-state index in [1.807, 2.05) is 0 Å². The molecule has 13 rings (SSSR count). The molecule has 21 atom stereocenters. The minimum absolute atomic E-state index is 0.0162. The van der Waals surface area contributed by atoms with Gasteiger partial charge < -0.3 is 148 Å². The fraction of sp³-hybridized carbons (Fsp3) is 0.744. The van der Waals surface area contributed by atoms with Gasteiger partial charge in [0.25, 0.3) is 0 Å². The van der Waals surface area contributed by atoms with Crippen LogP contribution in [0.1, 0.15) is 122 Å². The molecule has 13 saturated heterocycles. The number of carbonyl (C=O) groups excluding carboxylic acids is 20. The van der Waals surface area contributed by atoms with Gasteiger partial charge in [0.2, 0.25) is 118 Å². The minimum Gasteiger partial charge on any atom is -0.480 e. The molecule has 50 nitrogen and oxygen atoms in total. The number of rotatable bonds is 30. The van der Waals surface area contributed by atoms with Crippen LogP contribution in [0.2, 0.25) is 0 Å². The topological polar surface area (TPSA) is 667 Å². The molecule has 13 aliphatic heterocycles. The second kappa shape index (κ2) is 43.5. The van der Waals surface area contributed by atoms with Crippen LogP contribution >= 0.6 is 12.6 Å². The third-order valence-corrected chi connectivity index (χ3v) is 27.8. The van der Waals surface area contributed by atoms with Gasteiger partial charge in [0.05, 0.1) is 88.0 Å². The quantitative estimate of drug-likeness (QED) is 0.0297. The van der Waals surface area contributed by atoms with Gasteiger partial charge in [0.15, 0.2) is 0 Å². The molecule has 0 aromatic rings. The SMILES string of the molecule is O=C(O)CNC(=O)[C@@H]1C[C@@H](O)CN1C(=O)[C@@H]1CCCN1C(=O)CNC(=O)[C@@H]1C[C@@H](O)CN1C(=O)[C@H](CS)NC(=O)CNC(=O)[C@@H]1C[C@@H](O)CN1C(=O)[C@@H]1CCCN1C(=O)CNC(=O)[C@@H]1C[C@@H](O)CN1C(=O)[C@@H]1CCCN1C(=O)CNC(=O)[C@@H]1C[C@@H](O)CN1C(=O)[C@@H]1CCCN1C(=O)CNC(=O)[C@@H]1C[C@@H](O)CN1C(=O)[C@@H]1CCCN1C(=O)CNC(=O)[C@@H]1C[C@@H](O)CN1C(=O)[C@@H]1CCCN1. The molecule has 0 radical (unpaired) electrons. The molecule has 13 heterocycles. The Bertz CT molecular complexity index is 4530. The van der Waals surface area contributed by atoms with Crippen molar-refractivity contribution in [2.45, 2.75) is 249 Å². The highest BCUT2D eigenvalue weighted by Crippen LogP contribution is 2.34. The van der Waals surface area contributed by atoms with Gasteiger partial charge in [0, 0.05) is 129 Å². The van der Waals surface area contributed by atoms with Crippen LogP contribution in [0.15, 0.2) is 0 Å². The lowest BCUT2D eigenvalue weighted by molar-refractivity contribution is -0.148. The van der Waals surface area contributed by atoms with Crippen LogP contribution in [-0.2, 0) is 101 Å². The second-order valence-electron chi connectivity index (χ2n) is 36.4. The Balaban J connectivity index is 0.532. The number of likely N-dealkylation sites (tertiary alicyclic amines) is 12. The summed E-state index contributed by atoms with van der Waals surface area (Å²) in [5.41, 5.74) is 0. The number of aliphatic carboxylic acids is 1. The molecule has 0 unspecified atom stereocenters. The molecule has 13 aliphatic rings. The molecule has 17 N–H and O–H groups in total. The Labute approximate surface area is 767 Å². The molecule has 0 spiro atoms. The number of carboxylic acids is 1. The molecule has 13 fully saturated rings. The fourth-order valence-electron chi connectivity index (χ4n) is 20.9. The van der Waals surface area contributed by atoms with E-state index in [4.69, 9.17) is 5.11 Å². The van der Waals surface area contributed by atoms with E-state index < -0.39 is 291 Å². The minimum atomic E-state index is -1.46. The summed E-state index contributed by atoms with van der Waals surface area (Å²) < 4.78 is 0. The first-order valence-electron chi connectivity index (χ1n) is 45.6. The number of hydrogen-bond donors (Lipinski definition) is 18. The van der Waals surface area contributed by atoms with E-state index in [1.165, 1.54) is 29.4 Å². The van der Waals surface area contributed by atoms with E-state index in [-0.39, 0.29) is 167 Å². The van der Waals surface area contributed by atoms with Crippen LogP contribution in [-0.4, -0.2) is 488 Å². The molecule has 20 amide bonds. The van der Waals surface area contributed by atoms with Gasteiger partial charge in [-0.05, 0) is 83.6 Å². The van der Waals surface area contributed by atoms with Gasteiger partial charge in [-0.3, -0.25) is 101 Å². The Kier molecular flexibility index (Phi) is 32.5. The summed E-state index contributed by atoms with van der Waals surface area (Å²) in [6.45, 7) is -5.85. The number of nitrogens with zero attached hydrogens (tertiary/aromatic N) is 12. The van der Waals surface area contributed by atoms with Crippen molar-refractivity contribution in [3.05, 3.63) is 0 Å². The fourth-order valence-corrected chi connectivity index (χ4v) is 21.2. The number of aliphatic hydroxyl groups is 7. The molecular formula is C82H119N21O29S. The first-order chi connectivity index (χ1) is 63.4. The number of carboxylic acid groups (broad SMARTS) is 1. The molecule has 0 saturated carbocycles. The monoisotopic (exact) mass is 1890 g/mol. The predicted molar refractivity (Wildman–Crippen MR) is 452 cm³/mol. The van der Waals surface area contributed by atoms with Gasteiger partial charge in [0.1, 0.15) is 85.1 Å². The van der Waals surface area contributed by atoms with Crippen molar-refractivity contribution in [2.24, 2.45) is 0 Å². The normalized spacial score (nSPS) is 30.4. The summed E-state index contributed by atoms with van der Waals surface area (Å²) in [7, 11) is 0. The maximum Gasteiger partial charge on any atom is 0.322 e. The van der Waals surface area contributed by atoms with Crippen molar-refractivity contribution in [1.29, 1.82) is 0 Å². The van der Waals surface area contributed by atoms with Crippen molar-refractivity contribution in [2.75, 3.05) is 137 Å². The molecule has 51 heteroatoms. The third kappa shape index (κ3) is 22.6.